The number of nitro benzene ring substituents is 1. The molecule has 1 aromatic carbocycles. The van der Waals surface area contributed by atoms with E-state index in [0.29, 0.717) is 11.3 Å². The third kappa shape index (κ3) is 1.78. The number of nitrogens with zero attached hydrogens (tertiary/aromatic N) is 2. The van der Waals surface area contributed by atoms with E-state index >= 15 is 0 Å². The Morgan fingerprint density at radius 3 is 2.80 bits per heavy atom. The first kappa shape index (κ1) is 9.20. The van der Waals surface area contributed by atoms with Crippen LogP contribution < -0.4 is 5.73 Å². The number of hydrogen-bond acceptors (Lipinski definition) is 5. The highest BCUT2D eigenvalue weighted by atomic mass is 16.6. The highest BCUT2D eigenvalue weighted by Gasteiger charge is 2.10. The van der Waals surface area contributed by atoms with Crippen LogP contribution in [0.2, 0.25) is 0 Å². The van der Waals surface area contributed by atoms with Crippen molar-refractivity contribution in [3.8, 4) is 11.3 Å². The van der Waals surface area contributed by atoms with Crippen LogP contribution in [0, 0.1) is 10.1 Å². The molecular formula is C9H7N3O3. The molecule has 0 saturated heterocycles. The van der Waals surface area contributed by atoms with Gasteiger partial charge < -0.3 is 10.3 Å². The van der Waals surface area contributed by atoms with Crippen molar-refractivity contribution in [2.24, 2.45) is 0 Å². The lowest BCUT2D eigenvalue weighted by Crippen LogP contribution is -1.87. The molecule has 15 heavy (non-hydrogen) atoms. The fourth-order valence-corrected chi connectivity index (χ4v) is 1.20. The third-order valence-corrected chi connectivity index (χ3v) is 1.87. The molecule has 0 aliphatic carbocycles. The van der Waals surface area contributed by atoms with Gasteiger partial charge in [-0.2, -0.15) is 0 Å². The zero-order chi connectivity index (χ0) is 10.8. The van der Waals surface area contributed by atoms with Crippen molar-refractivity contribution < 1.29 is 9.45 Å². The summed E-state index contributed by atoms with van der Waals surface area (Å²) in [5.74, 6) is 0.660. The Morgan fingerprint density at radius 1 is 1.40 bits per heavy atom. The topological polar surface area (TPSA) is 95.2 Å². The van der Waals surface area contributed by atoms with Crippen molar-refractivity contribution in [2.75, 3.05) is 5.73 Å². The molecule has 0 radical (unpaired) electrons. The lowest BCUT2D eigenvalue weighted by atomic mass is 10.1. The van der Waals surface area contributed by atoms with Crippen LogP contribution in [0.1, 0.15) is 0 Å². The van der Waals surface area contributed by atoms with Gasteiger partial charge in [0.1, 0.15) is 0 Å². The van der Waals surface area contributed by atoms with E-state index in [-0.39, 0.29) is 11.5 Å². The van der Waals surface area contributed by atoms with Crippen LogP contribution in [-0.2, 0) is 0 Å². The number of hydrogen-bond donors (Lipinski definition) is 1. The van der Waals surface area contributed by atoms with Crippen LogP contribution in [0.4, 0.5) is 11.5 Å². The highest BCUT2D eigenvalue weighted by Crippen LogP contribution is 2.24. The number of nitro groups is 1. The standard InChI is InChI=1S/C9H7N3O3/c10-9-5-8(15-11-9)6-2-1-3-7(4-6)12(13)14/h1-5H,(H2,10,11). The van der Waals surface area contributed by atoms with E-state index < -0.39 is 4.92 Å². The molecule has 1 heterocycles. The van der Waals surface area contributed by atoms with Gasteiger partial charge in [0.2, 0.25) is 0 Å². The van der Waals surface area contributed by atoms with Crippen LogP contribution in [0.3, 0.4) is 0 Å². The molecule has 0 aliphatic heterocycles. The Labute approximate surface area is 84.4 Å². The average Bonchev–Trinajstić information content (AvgIpc) is 2.65. The number of non-ortho nitro benzene ring substituents is 1. The van der Waals surface area contributed by atoms with Crippen LogP contribution in [-0.4, -0.2) is 10.1 Å². The van der Waals surface area contributed by atoms with E-state index in [2.05, 4.69) is 5.16 Å². The molecule has 0 bridgehead atoms. The number of benzene rings is 1. The van der Waals surface area contributed by atoms with Crippen molar-refractivity contribution in [2.45, 2.75) is 0 Å². The number of nitrogens with two attached hydrogens (primary N) is 1. The minimum absolute atomic E-state index is 0.00229. The Balaban J connectivity index is 2.45. The second-order valence-corrected chi connectivity index (χ2v) is 2.92. The van der Waals surface area contributed by atoms with Gasteiger partial charge in [-0.15, -0.1) is 0 Å². The monoisotopic (exact) mass is 205 g/mol. The van der Waals surface area contributed by atoms with Gasteiger partial charge in [-0.05, 0) is 0 Å². The maximum Gasteiger partial charge on any atom is 0.270 e. The Kier molecular flexibility index (Phi) is 2.09. The molecule has 0 spiro atoms. The normalized spacial score (nSPS) is 10.1. The lowest BCUT2D eigenvalue weighted by Gasteiger charge is -1.94. The Hall–Kier alpha value is -2.37. The van der Waals surface area contributed by atoms with Crippen LogP contribution in [0.15, 0.2) is 34.9 Å². The molecule has 1 aromatic heterocycles. The summed E-state index contributed by atoms with van der Waals surface area (Å²) >= 11 is 0. The molecular weight excluding hydrogens is 198 g/mol. The van der Waals surface area contributed by atoms with Crippen molar-refractivity contribution in [3.63, 3.8) is 0 Å². The van der Waals surface area contributed by atoms with Gasteiger partial charge in [0.05, 0.1) is 4.92 Å². The second-order valence-electron chi connectivity index (χ2n) is 2.92. The minimum Gasteiger partial charge on any atom is -0.381 e. The molecule has 2 aromatic rings. The van der Waals surface area contributed by atoms with Gasteiger partial charge in [0.25, 0.3) is 5.69 Å². The maximum absolute atomic E-state index is 10.5. The summed E-state index contributed by atoms with van der Waals surface area (Å²) in [6.07, 6.45) is 0. The van der Waals surface area contributed by atoms with Crippen molar-refractivity contribution in [1.82, 2.24) is 5.16 Å². The van der Waals surface area contributed by atoms with Crippen molar-refractivity contribution >= 4 is 11.5 Å². The predicted octanol–water partition coefficient (Wildman–Crippen LogP) is 1.83. The number of anilines is 1. The summed E-state index contributed by atoms with van der Waals surface area (Å²) in [5.41, 5.74) is 5.95. The van der Waals surface area contributed by atoms with E-state index in [0.717, 1.165) is 0 Å². The summed E-state index contributed by atoms with van der Waals surface area (Å²) in [7, 11) is 0. The van der Waals surface area contributed by atoms with Crippen LogP contribution >= 0.6 is 0 Å². The summed E-state index contributed by atoms with van der Waals surface area (Å²) < 4.78 is 4.89. The highest BCUT2D eigenvalue weighted by molar-refractivity contribution is 5.62. The molecule has 2 N–H and O–H groups in total. The molecule has 0 fully saturated rings. The molecule has 0 aliphatic rings. The fourth-order valence-electron chi connectivity index (χ4n) is 1.20. The number of rotatable bonds is 2. The number of aromatic nitrogens is 1. The largest absolute Gasteiger partial charge is 0.381 e. The Bertz CT molecular complexity index is 507. The van der Waals surface area contributed by atoms with E-state index in [4.69, 9.17) is 10.3 Å². The minimum atomic E-state index is -0.469. The SMILES string of the molecule is Nc1cc(-c2cccc([N+](=O)[O-])c2)on1. The van der Waals surface area contributed by atoms with Crippen molar-refractivity contribution in [3.05, 3.63) is 40.4 Å². The second kappa shape index (κ2) is 3.41. The zero-order valence-electron chi connectivity index (χ0n) is 7.58. The van der Waals surface area contributed by atoms with Gasteiger partial charge >= 0.3 is 0 Å². The predicted molar refractivity (Wildman–Crippen MR) is 53.0 cm³/mol. The summed E-state index contributed by atoms with van der Waals surface area (Å²) in [4.78, 5) is 10.1. The van der Waals surface area contributed by atoms with E-state index in [1.807, 2.05) is 0 Å². The van der Waals surface area contributed by atoms with Gasteiger partial charge in [0, 0.05) is 23.8 Å². The smallest absolute Gasteiger partial charge is 0.270 e. The molecule has 0 saturated carbocycles. The average molecular weight is 205 g/mol. The van der Waals surface area contributed by atoms with Crippen LogP contribution in [0.5, 0.6) is 0 Å². The third-order valence-electron chi connectivity index (χ3n) is 1.87. The lowest BCUT2D eigenvalue weighted by molar-refractivity contribution is -0.384. The van der Waals surface area contributed by atoms with Crippen LogP contribution in [0.25, 0.3) is 11.3 Å². The van der Waals surface area contributed by atoms with Gasteiger partial charge in [-0.3, -0.25) is 10.1 Å². The summed E-state index contributed by atoms with van der Waals surface area (Å²) in [6.45, 7) is 0. The molecule has 0 unspecified atom stereocenters. The van der Waals surface area contributed by atoms with E-state index in [1.165, 1.54) is 18.2 Å². The quantitative estimate of drug-likeness (QED) is 0.596. The maximum atomic E-state index is 10.5. The summed E-state index contributed by atoms with van der Waals surface area (Å²) in [5, 5.41) is 14.0. The van der Waals surface area contributed by atoms with Gasteiger partial charge in [0.15, 0.2) is 11.6 Å². The fraction of sp³-hybridized carbons (Fsp3) is 0. The Morgan fingerprint density at radius 2 is 2.20 bits per heavy atom. The first-order valence-corrected chi connectivity index (χ1v) is 4.14. The summed E-state index contributed by atoms with van der Waals surface area (Å²) in [6, 6.07) is 7.58. The first-order chi connectivity index (χ1) is 7.16. The van der Waals surface area contributed by atoms with Gasteiger partial charge in [-0.25, -0.2) is 0 Å². The van der Waals surface area contributed by atoms with Crippen molar-refractivity contribution in [1.29, 1.82) is 0 Å². The van der Waals surface area contributed by atoms with E-state index in [9.17, 15) is 10.1 Å². The zero-order valence-corrected chi connectivity index (χ0v) is 7.58. The molecule has 0 atom stereocenters. The van der Waals surface area contributed by atoms with Gasteiger partial charge in [-0.1, -0.05) is 17.3 Å². The molecule has 6 heteroatoms. The molecule has 2 rings (SSSR count). The number of nitrogen functional groups attached to an aromatic ring is 1. The first-order valence-electron chi connectivity index (χ1n) is 4.14. The molecule has 0 amide bonds. The van der Waals surface area contributed by atoms with E-state index in [1.54, 1.807) is 12.1 Å². The molecule has 76 valence electrons. The molecule has 6 nitrogen and oxygen atoms in total.